The Bertz CT molecular complexity index is 156. The summed E-state index contributed by atoms with van der Waals surface area (Å²) in [6, 6.07) is 0. The number of alkyl halides is 2. The van der Waals surface area contributed by atoms with E-state index in [1.165, 1.54) is 0 Å². The lowest BCUT2D eigenvalue weighted by molar-refractivity contribution is -0.124. The van der Waals surface area contributed by atoms with Gasteiger partial charge >= 0.3 is 0 Å². The van der Waals surface area contributed by atoms with Gasteiger partial charge in [-0.05, 0) is 0 Å². The lowest BCUT2D eigenvalue weighted by atomic mass is 10.3. The first-order valence-corrected chi connectivity index (χ1v) is 2.47. The molecule has 0 heterocycles. The quantitative estimate of drug-likeness (QED) is 0.542. The van der Waals surface area contributed by atoms with Gasteiger partial charge in [0.1, 0.15) is 0 Å². The summed E-state index contributed by atoms with van der Waals surface area (Å²) in [6.45, 7) is -0.585. The van der Waals surface area contributed by atoms with Gasteiger partial charge in [0.15, 0.2) is 0 Å². The maximum Gasteiger partial charge on any atom is 0.299 e. The van der Waals surface area contributed by atoms with E-state index in [1.54, 1.807) is 0 Å². The summed E-state index contributed by atoms with van der Waals surface area (Å²) >= 11 is 0. The summed E-state index contributed by atoms with van der Waals surface area (Å²) in [6.07, 6.45) is -2.53. The monoisotopic (exact) mass is 151 g/mol. The minimum atomic E-state index is -3.05. The molecule has 3 N–H and O–H groups in total. The SMILES string of the molecule is NC(=CC(=O)C(F)F)CO. The van der Waals surface area contributed by atoms with Crippen LogP contribution in [-0.4, -0.2) is 23.9 Å². The number of allylic oxidation sites excluding steroid dienone is 1. The molecule has 10 heavy (non-hydrogen) atoms. The normalized spacial score (nSPS) is 12.2. The fraction of sp³-hybridized carbons (Fsp3) is 0.400. The number of aliphatic hydroxyl groups excluding tert-OH is 1. The first kappa shape index (κ1) is 9.03. The van der Waals surface area contributed by atoms with Gasteiger partial charge in [0.25, 0.3) is 6.43 Å². The fourth-order valence-corrected chi connectivity index (χ4v) is 0.291. The minimum Gasteiger partial charge on any atom is -0.400 e. The van der Waals surface area contributed by atoms with Gasteiger partial charge in [0.2, 0.25) is 5.78 Å². The Balaban J connectivity index is 4.00. The fourth-order valence-electron chi connectivity index (χ4n) is 0.291. The Hall–Kier alpha value is -0.970. The third-order valence-electron chi connectivity index (χ3n) is 0.725. The Morgan fingerprint density at radius 3 is 2.50 bits per heavy atom. The number of nitrogens with two attached hydrogens (primary N) is 1. The molecule has 3 nitrogen and oxygen atoms in total. The van der Waals surface area contributed by atoms with E-state index < -0.39 is 18.8 Å². The van der Waals surface area contributed by atoms with Crippen molar-refractivity contribution in [2.24, 2.45) is 5.73 Å². The van der Waals surface area contributed by atoms with Crippen LogP contribution in [0.1, 0.15) is 0 Å². The largest absolute Gasteiger partial charge is 0.400 e. The second-order valence-corrected chi connectivity index (χ2v) is 1.58. The topological polar surface area (TPSA) is 63.3 Å². The Morgan fingerprint density at radius 2 is 2.20 bits per heavy atom. The molecular formula is C5H7F2NO2. The number of hydrogen-bond donors (Lipinski definition) is 2. The molecule has 0 spiro atoms. The van der Waals surface area contributed by atoms with E-state index in [9.17, 15) is 13.6 Å². The Labute approximate surface area is 56.1 Å². The maximum atomic E-state index is 11.4. The van der Waals surface area contributed by atoms with Crippen LogP contribution in [0.3, 0.4) is 0 Å². The van der Waals surface area contributed by atoms with Crippen molar-refractivity contribution in [1.82, 2.24) is 0 Å². The number of carbonyl (C=O) groups excluding carboxylic acids is 1. The van der Waals surface area contributed by atoms with Crippen molar-refractivity contribution in [3.63, 3.8) is 0 Å². The highest BCUT2D eigenvalue weighted by Gasteiger charge is 2.11. The highest BCUT2D eigenvalue weighted by Crippen LogP contribution is 1.96. The molecule has 0 aliphatic carbocycles. The second kappa shape index (κ2) is 3.94. The molecule has 0 fully saturated rings. The van der Waals surface area contributed by atoms with Gasteiger partial charge in [0, 0.05) is 11.8 Å². The Kier molecular flexibility index (Phi) is 3.56. The number of rotatable bonds is 3. The van der Waals surface area contributed by atoms with Crippen molar-refractivity contribution >= 4 is 5.78 Å². The first-order chi connectivity index (χ1) is 4.57. The highest BCUT2D eigenvalue weighted by molar-refractivity contribution is 5.92. The van der Waals surface area contributed by atoms with E-state index in [0.717, 1.165) is 0 Å². The molecule has 0 rings (SSSR count). The molecule has 0 bridgehead atoms. The van der Waals surface area contributed by atoms with Gasteiger partial charge in [0.05, 0.1) is 6.61 Å². The molecule has 0 saturated carbocycles. The van der Waals surface area contributed by atoms with Crippen molar-refractivity contribution in [2.75, 3.05) is 6.61 Å². The van der Waals surface area contributed by atoms with Gasteiger partial charge < -0.3 is 10.8 Å². The minimum absolute atomic E-state index is 0.259. The smallest absolute Gasteiger partial charge is 0.299 e. The van der Waals surface area contributed by atoms with Crippen molar-refractivity contribution in [2.45, 2.75) is 6.43 Å². The van der Waals surface area contributed by atoms with Crippen molar-refractivity contribution in [1.29, 1.82) is 0 Å². The Morgan fingerprint density at radius 1 is 1.70 bits per heavy atom. The van der Waals surface area contributed by atoms with Crippen LogP contribution in [0.2, 0.25) is 0 Å². The third-order valence-corrected chi connectivity index (χ3v) is 0.725. The van der Waals surface area contributed by atoms with Gasteiger partial charge in [-0.2, -0.15) is 0 Å². The van der Waals surface area contributed by atoms with E-state index >= 15 is 0 Å². The number of ketones is 1. The van der Waals surface area contributed by atoms with Crippen LogP contribution in [0.5, 0.6) is 0 Å². The number of halogens is 2. The zero-order valence-electron chi connectivity index (χ0n) is 5.05. The number of carbonyl (C=O) groups is 1. The molecule has 0 aromatic heterocycles. The molecule has 0 saturated heterocycles. The molecule has 0 radical (unpaired) electrons. The highest BCUT2D eigenvalue weighted by atomic mass is 19.3. The standard InChI is InChI=1S/C5H7F2NO2/c6-5(7)4(10)1-3(8)2-9/h1,5,9H,2,8H2. The summed E-state index contributed by atoms with van der Waals surface area (Å²) in [5.74, 6) is -1.38. The molecule has 0 aliphatic rings. The molecular weight excluding hydrogens is 144 g/mol. The molecule has 0 aromatic rings. The predicted molar refractivity (Wildman–Crippen MR) is 30.4 cm³/mol. The van der Waals surface area contributed by atoms with E-state index in [2.05, 4.69) is 0 Å². The van der Waals surface area contributed by atoms with Crippen LogP contribution in [0.25, 0.3) is 0 Å². The van der Waals surface area contributed by atoms with Gasteiger partial charge in [-0.3, -0.25) is 4.79 Å². The zero-order valence-corrected chi connectivity index (χ0v) is 5.05. The van der Waals surface area contributed by atoms with E-state index in [-0.39, 0.29) is 5.70 Å². The van der Waals surface area contributed by atoms with Crippen molar-refractivity contribution < 1.29 is 18.7 Å². The average molecular weight is 151 g/mol. The first-order valence-electron chi connectivity index (χ1n) is 2.47. The molecule has 0 aliphatic heterocycles. The summed E-state index contributed by atoms with van der Waals surface area (Å²) < 4.78 is 22.8. The molecule has 0 atom stereocenters. The van der Waals surface area contributed by atoms with E-state index in [0.29, 0.717) is 6.08 Å². The zero-order chi connectivity index (χ0) is 8.15. The van der Waals surface area contributed by atoms with Crippen molar-refractivity contribution in [3.8, 4) is 0 Å². The lowest BCUT2D eigenvalue weighted by Gasteiger charge is -1.93. The van der Waals surface area contributed by atoms with Crippen LogP contribution in [0.4, 0.5) is 8.78 Å². The van der Waals surface area contributed by atoms with Gasteiger partial charge in [-0.1, -0.05) is 0 Å². The van der Waals surface area contributed by atoms with Gasteiger partial charge in [-0.25, -0.2) is 8.78 Å². The molecule has 58 valence electrons. The van der Waals surface area contributed by atoms with E-state index in [4.69, 9.17) is 10.8 Å². The molecule has 0 aromatic carbocycles. The van der Waals surface area contributed by atoms with Crippen molar-refractivity contribution in [3.05, 3.63) is 11.8 Å². The lowest BCUT2D eigenvalue weighted by Crippen LogP contribution is -2.11. The van der Waals surface area contributed by atoms with Crippen LogP contribution >= 0.6 is 0 Å². The number of hydrogen-bond acceptors (Lipinski definition) is 3. The molecule has 0 unspecified atom stereocenters. The van der Waals surface area contributed by atoms with Gasteiger partial charge in [-0.15, -0.1) is 0 Å². The van der Waals surface area contributed by atoms with E-state index in [1.807, 2.05) is 0 Å². The van der Waals surface area contributed by atoms with Crippen LogP contribution in [0.15, 0.2) is 11.8 Å². The maximum absolute atomic E-state index is 11.4. The summed E-state index contributed by atoms with van der Waals surface area (Å²) in [5.41, 5.74) is 4.61. The molecule has 5 heteroatoms. The number of aliphatic hydroxyl groups is 1. The molecule has 0 amide bonds. The third kappa shape index (κ3) is 3.13. The van der Waals surface area contributed by atoms with Crippen LogP contribution in [-0.2, 0) is 4.79 Å². The summed E-state index contributed by atoms with van der Waals surface area (Å²) in [4.78, 5) is 10.1. The van der Waals surface area contributed by atoms with Crippen LogP contribution in [0, 0.1) is 0 Å². The summed E-state index contributed by atoms with van der Waals surface area (Å²) in [7, 11) is 0. The second-order valence-electron chi connectivity index (χ2n) is 1.58. The summed E-state index contributed by atoms with van der Waals surface area (Å²) in [5, 5.41) is 8.18. The van der Waals surface area contributed by atoms with Crippen LogP contribution < -0.4 is 5.73 Å². The average Bonchev–Trinajstić information content (AvgIpc) is 1.87. The predicted octanol–water partition coefficient (Wildman–Crippen LogP) is -0.344.